The van der Waals surface area contributed by atoms with E-state index in [4.69, 9.17) is 5.73 Å². The molecule has 1 rings (SSSR count). The maximum absolute atomic E-state index is 11.5. The van der Waals surface area contributed by atoms with E-state index >= 15 is 0 Å². The van der Waals surface area contributed by atoms with Gasteiger partial charge in [0, 0.05) is 20.6 Å². The second kappa shape index (κ2) is 5.47. The molecule has 88 valence electrons. The lowest BCUT2D eigenvalue weighted by atomic mass is 9.87. The lowest BCUT2D eigenvalue weighted by Gasteiger charge is -2.36. The number of nitrogens with zero attached hydrogens (tertiary/aromatic N) is 2. The fourth-order valence-electron chi connectivity index (χ4n) is 2.11. The zero-order valence-corrected chi connectivity index (χ0v) is 10.1. The van der Waals surface area contributed by atoms with E-state index in [1.807, 2.05) is 0 Å². The third-order valence-electron chi connectivity index (χ3n) is 3.33. The van der Waals surface area contributed by atoms with Crippen LogP contribution in [0.3, 0.4) is 0 Å². The van der Waals surface area contributed by atoms with Crippen LogP contribution in [0, 0.1) is 11.8 Å². The van der Waals surface area contributed by atoms with Crippen LogP contribution in [0.2, 0.25) is 0 Å². The second-order valence-corrected chi connectivity index (χ2v) is 4.79. The highest BCUT2D eigenvalue weighted by molar-refractivity contribution is 5.77. The largest absolute Gasteiger partial charge is 0.348 e. The summed E-state index contributed by atoms with van der Waals surface area (Å²) in [5.74, 6) is 1.43. The first-order chi connectivity index (χ1) is 7.04. The molecule has 0 saturated carbocycles. The SMILES string of the molecule is CC1CN(CC(=O)N(C)C)CCC1CN. The van der Waals surface area contributed by atoms with Gasteiger partial charge >= 0.3 is 0 Å². The first kappa shape index (κ1) is 12.5. The van der Waals surface area contributed by atoms with Crippen molar-refractivity contribution in [2.75, 3.05) is 40.3 Å². The topological polar surface area (TPSA) is 49.6 Å². The van der Waals surface area contributed by atoms with Crippen molar-refractivity contribution in [2.24, 2.45) is 17.6 Å². The minimum atomic E-state index is 0.188. The summed E-state index contributed by atoms with van der Waals surface area (Å²) in [5, 5.41) is 0. The highest BCUT2D eigenvalue weighted by atomic mass is 16.2. The van der Waals surface area contributed by atoms with Gasteiger partial charge in [-0.25, -0.2) is 0 Å². The van der Waals surface area contributed by atoms with Gasteiger partial charge in [0.1, 0.15) is 0 Å². The van der Waals surface area contributed by atoms with E-state index in [2.05, 4.69) is 11.8 Å². The van der Waals surface area contributed by atoms with Crippen LogP contribution in [0.25, 0.3) is 0 Å². The molecule has 1 amide bonds. The molecular weight excluding hydrogens is 190 g/mol. The molecule has 2 atom stereocenters. The first-order valence-corrected chi connectivity index (χ1v) is 5.67. The summed E-state index contributed by atoms with van der Waals surface area (Å²) in [6, 6.07) is 0. The van der Waals surface area contributed by atoms with E-state index in [1.54, 1.807) is 19.0 Å². The Bertz CT molecular complexity index is 218. The molecule has 0 aromatic rings. The maximum atomic E-state index is 11.5. The van der Waals surface area contributed by atoms with Crippen molar-refractivity contribution in [3.8, 4) is 0 Å². The van der Waals surface area contributed by atoms with Gasteiger partial charge in [0.2, 0.25) is 5.91 Å². The van der Waals surface area contributed by atoms with Crippen molar-refractivity contribution in [2.45, 2.75) is 13.3 Å². The molecule has 4 heteroatoms. The lowest BCUT2D eigenvalue weighted by molar-refractivity contribution is -0.130. The van der Waals surface area contributed by atoms with E-state index < -0.39 is 0 Å². The van der Waals surface area contributed by atoms with Crippen LogP contribution in [-0.2, 0) is 4.79 Å². The Hall–Kier alpha value is -0.610. The highest BCUT2D eigenvalue weighted by Crippen LogP contribution is 2.21. The number of amides is 1. The van der Waals surface area contributed by atoms with Gasteiger partial charge in [0.05, 0.1) is 6.54 Å². The van der Waals surface area contributed by atoms with Crippen LogP contribution in [0.15, 0.2) is 0 Å². The van der Waals surface area contributed by atoms with Crippen molar-refractivity contribution in [1.29, 1.82) is 0 Å². The normalized spacial score (nSPS) is 27.7. The molecule has 15 heavy (non-hydrogen) atoms. The Morgan fingerprint density at radius 2 is 2.20 bits per heavy atom. The standard InChI is InChI=1S/C11H23N3O/c1-9-7-14(5-4-10(9)6-12)8-11(15)13(2)3/h9-10H,4-8,12H2,1-3H3. The van der Waals surface area contributed by atoms with Crippen LogP contribution in [0.1, 0.15) is 13.3 Å². The minimum Gasteiger partial charge on any atom is -0.348 e. The van der Waals surface area contributed by atoms with E-state index in [0.717, 1.165) is 26.1 Å². The minimum absolute atomic E-state index is 0.188. The predicted molar refractivity (Wildman–Crippen MR) is 61.5 cm³/mol. The van der Waals surface area contributed by atoms with Gasteiger partial charge in [-0.15, -0.1) is 0 Å². The Morgan fingerprint density at radius 1 is 1.53 bits per heavy atom. The second-order valence-electron chi connectivity index (χ2n) is 4.79. The molecule has 2 N–H and O–H groups in total. The van der Waals surface area contributed by atoms with Gasteiger partial charge in [-0.3, -0.25) is 9.69 Å². The Balaban J connectivity index is 2.38. The summed E-state index contributed by atoms with van der Waals surface area (Å²) >= 11 is 0. The molecule has 1 heterocycles. The summed E-state index contributed by atoms with van der Waals surface area (Å²) in [4.78, 5) is 15.4. The number of likely N-dealkylation sites (tertiary alicyclic amines) is 1. The average Bonchev–Trinajstić information content (AvgIpc) is 2.18. The number of piperidine rings is 1. The van der Waals surface area contributed by atoms with Crippen LogP contribution in [-0.4, -0.2) is 56.0 Å². The fourth-order valence-corrected chi connectivity index (χ4v) is 2.11. The van der Waals surface area contributed by atoms with Gasteiger partial charge in [0.25, 0.3) is 0 Å². The van der Waals surface area contributed by atoms with Crippen molar-refractivity contribution in [3.05, 3.63) is 0 Å². The third kappa shape index (κ3) is 3.47. The van der Waals surface area contributed by atoms with Crippen molar-refractivity contribution < 1.29 is 4.79 Å². The number of carbonyl (C=O) groups excluding carboxylic acids is 1. The molecule has 0 aromatic carbocycles. The van der Waals surface area contributed by atoms with Crippen molar-refractivity contribution in [3.63, 3.8) is 0 Å². The third-order valence-corrected chi connectivity index (χ3v) is 3.33. The maximum Gasteiger partial charge on any atom is 0.236 e. The molecule has 0 spiro atoms. The van der Waals surface area contributed by atoms with E-state index in [1.165, 1.54) is 0 Å². The molecule has 2 unspecified atom stereocenters. The number of hydrogen-bond acceptors (Lipinski definition) is 3. The smallest absolute Gasteiger partial charge is 0.236 e. The highest BCUT2D eigenvalue weighted by Gasteiger charge is 2.26. The molecule has 0 aromatic heterocycles. The van der Waals surface area contributed by atoms with E-state index in [-0.39, 0.29) is 5.91 Å². The van der Waals surface area contributed by atoms with Crippen molar-refractivity contribution in [1.82, 2.24) is 9.80 Å². The summed E-state index contributed by atoms with van der Waals surface area (Å²) in [6.07, 6.45) is 1.12. The van der Waals surface area contributed by atoms with Crippen LogP contribution in [0.4, 0.5) is 0 Å². The molecular formula is C11H23N3O. The average molecular weight is 213 g/mol. The molecule has 0 aliphatic carbocycles. The summed E-state index contributed by atoms with van der Waals surface area (Å²) < 4.78 is 0. The molecule has 1 saturated heterocycles. The Labute approximate surface area is 92.4 Å². The van der Waals surface area contributed by atoms with Gasteiger partial charge in [-0.05, 0) is 31.3 Å². The molecule has 4 nitrogen and oxygen atoms in total. The quantitative estimate of drug-likeness (QED) is 0.717. The van der Waals surface area contributed by atoms with E-state index in [0.29, 0.717) is 18.4 Å². The summed E-state index contributed by atoms with van der Waals surface area (Å²) in [7, 11) is 3.61. The number of nitrogens with two attached hydrogens (primary N) is 1. The predicted octanol–water partition coefficient (Wildman–Crippen LogP) is -0.00870. The number of hydrogen-bond donors (Lipinski definition) is 1. The monoisotopic (exact) mass is 213 g/mol. The number of likely N-dealkylation sites (N-methyl/N-ethyl adjacent to an activating group) is 1. The number of rotatable bonds is 3. The summed E-state index contributed by atoms with van der Waals surface area (Å²) in [6.45, 7) is 5.56. The van der Waals surface area contributed by atoms with Crippen LogP contribution in [0.5, 0.6) is 0 Å². The van der Waals surface area contributed by atoms with Crippen LogP contribution < -0.4 is 5.73 Å². The molecule has 1 aliphatic rings. The van der Waals surface area contributed by atoms with Crippen molar-refractivity contribution >= 4 is 5.91 Å². The van der Waals surface area contributed by atoms with Gasteiger partial charge < -0.3 is 10.6 Å². The molecule has 0 radical (unpaired) electrons. The van der Waals surface area contributed by atoms with Gasteiger partial charge in [-0.2, -0.15) is 0 Å². The molecule has 0 bridgehead atoms. The van der Waals surface area contributed by atoms with Gasteiger partial charge in [0.15, 0.2) is 0 Å². The summed E-state index contributed by atoms with van der Waals surface area (Å²) in [5.41, 5.74) is 5.69. The zero-order valence-electron chi connectivity index (χ0n) is 10.1. The Morgan fingerprint density at radius 3 is 2.67 bits per heavy atom. The van der Waals surface area contributed by atoms with Crippen LogP contribution >= 0.6 is 0 Å². The van der Waals surface area contributed by atoms with Gasteiger partial charge in [-0.1, -0.05) is 6.92 Å². The molecule has 1 aliphatic heterocycles. The van der Waals surface area contributed by atoms with E-state index in [9.17, 15) is 4.79 Å². The lowest BCUT2D eigenvalue weighted by Crippen LogP contribution is -2.45. The zero-order chi connectivity index (χ0) is 11.4. The first-order valence-electron chi connectivity index (χ1n) is 5.67. The molecule has 1 fully saturated rings. The Kier molecular flexibility index (Phi) is 4.54. The fraction of sp³-hybridized carbons (Fsp3) is 0.909. The number of carbonyl (C=O) groups is 1.